The second-order valence-electron chi connectivity index (χ2n) is 5.51. The predicted octanol–water partition coefficient (Wildman–Crippen LogP) is 3.46. The molecule has 0 radical (unpaired) electrons. The first-order chi connectivity index (χ1) is 10.1. The fourth-order valence-electron chi connectivity index (χ4n) is 2.57. The van der Waals surface area contributed by atoms with Gasteiger partial charge in [0.2, 0.25) is 5.91 Å². The summed E-state index contributed by atoms with van der Waals surface area (Å²) in [5.74, 6) is 0.720. The van der Waals surface area contributed by atoms with Crippen molar-refractivity contribution in [2.45, 2.75) is 33.1 Å². The van der Waals surface area contributed by atoms with Crippen LogP contribution in [0.25, 0.3) is 0 Å². The summed E-state index contributed by atoms with van der Waals surface area (Å²) in [6.45, 7) is 6.37. The van der Waals surface area contributed by atoms with E-state index in [0.717, 1.165) is 32.4 Å². The van der Waals surface area contributed by atoms with Crippen LogP contribution in [0.4, 0.5) is 5.69 Å². The van der Waals surface area contributed by atoms with E-state index in [1.807, 2.05) is 13.0 Å². The number of amides is 1. The maximum absolute atomic E-state index is 12.5. The Bertz CT molecular complexity index is 499. The molecule has 0 saturated carbocycles. The maximum atomic E-state index is 12.5. The molecule has 0 bridgehead atoms. The molecule has 1 aromatic rings. The molecule has 0 spiro atoms. The number of ether oxygens (including phenoxy) is 1. The first kappa shape index (κ1) is 16.1. The van der Waals surface area contributed by atoms with Gasteiger partial charge in [-0.2, -0.15) is 0 Å². The van der Waals surface area contributed by atoms with Gasteiger partial charge >= 0.3 is 0 Å². The number of rotatable bonds is 6. The highest BCUT2D eigenvalue weighted by atomic mass is 35.5. The zero-order valence-corrected chi connectivity index (χ0v) is 13.4. The number of benzene rings is 1. The number of carbonyl (C=O) groups is 1. The van der Waals surface area contributed by atoms with Crippen LogP contribution >= 0.6 is 11.6 Å². The second kappa shape index (κ2) is 7.14. The van der Waals surface area contributed by atoms with Gasteiger partial charge in [0.05, 0.1) is 17.0 Å². The minimum atomic E-state index is -0.302. The molecule has 2 N–H and O–H groups in total. The normalized spacial score (nSPS) is 21.3. The van der Waals surface area contributed by atoms with Crippen LogP contribution in [-0.4, -0.2) is 25.6 Å². The van der Waals surface area contributed by atoms with Crippen molar-refractivity contribution in [1.29, 1.82) is 0 Å². The summed E-state index contributed by atoms with van der Waals surface area (Å²) in [7, 11) is 0. The molecular weight excluding hydrogens is 288 g/mol. The molecule has 1 saturated heterocycles. The summed E-state index contributed by atoms with van der Waals surface area (Å²) < 4.78 is 5.53. The van der Waals surface area contributed by atoms with Gasteiger partial charge in [0.1, 0.15) is 5.75 Å². The van der Waals surface area contributed by atoms with E-state index in [-0.39, 0.29) is 11.3 Å². The standard InChI is InChI=1S/C16H23ClN2O2/c1-3-9-21-14-6-5-12(10-13(14)17)19-15(20)16(4-2)7-8-18-11-16/h5-6,10,18H,3-4,7-9,11H2,1-2H3,(H,19,20). The topological polar surface area (TPSA) is 50.4 Å². The zero-order chi connectivity index (χ0) is 15.3. The van der Waals surface area contributed by atoms with Gasteiger partial charge in [-0.05, 0) is 44.0 Å². The Balaban J connectivity index is 2.05. The van der Waals surface area contributed by atoms with Gasteiger partial charge in [-0.25, -0.2) is 0 Å². The molecule has 116 valence electrons. The number of hydrogen-bond donors (Lipinski definition) is 2. The van der Waals surface area contributed by atoms with E-state index < -0.39 is 0 Å². The van der Waals surface area contributed by atoms with Crippen LogP contribution in [0, 0.1) is 5.41 Å². The first-order valence-corrected chi connectivity index (χ1v) is 7.93. The van der Waals surface area contributed by atoms with E-state index in [9.17, 15) is 4.79 Å². The van der Waals surface area contributed by atoms with Crippen molar-refractivity contribution in [3.05, 3.63) is 23.2 Å². The average molecular weight is 311 g/mol. The van der Waals surface area contributed by atoms with E-state index in [4.69, 9.17) is 16.3 Å². The fourth-order valence-corrected chi connectivity index (χ4v) is 2.81. The van der Waals surface area contributed by atoms with Gasteiger partial charge in [-0.1, -0.05) is 25.4 Å². The molecule has 1 fully saturated rings. The summed E-state index contributed by atoms with van der Waals surface area (Å²) in [6.07, 6.45) is 2.64. The first-order valence-electron chi connectivity index (χ1n) is 7.56. The van der Waals surface area contributed by atoms with Crippen molar-refractivity contribution < 1.29 is 9.53 Å². The Morgan fingerprint density at radius 1 is 1.48 bits per heavy atom. The molecule has 1 heterocycles. The minimum absolute atomic E-state index is 0.0632. The number of hydrogen-bond acceptors (Lipinski definition) is 3. The summed E-state index contributed by atoms with van der Waals surface area (Å²) >= 11 is 6.19. The number of halogens is 1. The van der Waals surface area contributed by atoms with E-state index >= 15 is 0 Å². The lowest BCUT2D eigenvalue weighted by molar-refractivity contribution is -0.124. The number of carbonyl (C=O) groups excluding carboxylic acids is 1. The Labute approximate surface area is 131 Å². The minimum Gasteiger partial charge on any atom is -0.492 e. The molecule has 5 heteroatoms. The summed E-state index contributed by atoms with van der Waals surface area (Å²) in [6, 6.07) is 5.38. The lowest BCUT2D eigenvalue weighted by Gasteiger charge is -2.25. The van der Waals surface area contributed by atoms with Crippen LogP contribution in [0.2, 0.25) is 5.02 Å². The van der Waals surface area contributed by atoms with Gasteiger partial charge in [0.15, 0.2) is 0 Å². The zero-order valence-electron chi connectivity index (χ0n) is 12.7. The van der Waals surface area contributed by atoms with Crippen LogP contribution < -0.4 is 15.4 Å². The summed E-state index contributed by atoms with van der Waals surface area (Å²) in [4.78, 5) is 12.5. The van der Waals surface area contributed by atoms with Crippen molar-refractivity contribution in [2.75, 3.05) is 25.0 Å². The quantitative estimate of drug-likeness (QED) is 0.846. The summed E-state index contributed by atoms with van der Waals surface area (Å²) in [5.41, 5.74) is 0.415. The van der Waals surface area contributed by atoms with E-state index in [1.165, 1.54) is 0 Å². The largest absolute Gasteiger partial charge is 0.492 e. The van der Waals surface area contributed by atoms with Crippen molar-refractivity contribution >= 4 is 23.2 Å². The highest BCUT2D eigenvalue weighted by Crippen LogP contribution is 2.32. The Kier molecular flexibility index (Phi) is 5.48. The monoisotopic (exact) mass is 310 g/mol. The molecule has 1 aromatic carbocycles. The molecule has 1 aliphatic rings. The number of nitrogens with one attached hydrogen (secondary N) is 2. The van der Waals surface area contributed by atoms with E-state index in [2.05, 4.69) is 17.6 Å². The van der Waals surface area contributed by atoms with Crippen molar-refractivity contribution in [3.8, 4) is 5.75 Å². The highest BCUT2D eigenvalue weighted by Gasteiger charge is 2.39. The van der Waals surface area contributed by atoms with E-state index in [0.29, 0.717) is 23.1 Å². The molecule has 1 atom stereocenters. The van der Waals surface area contributed by atoms with E-state index in [1.54, 1.807) is 12.1 Å². The van der Waals surface area contributed by atoms with Crippen LogP contribution in [-0.2, 0) is 4.79 Å². The van der Waals surface area contributed by atoms with Crippen LogP contribution in [0.3, 0.4) is 0 Å². The molecule has 2 rings (SSSR count). The van der Waals surface area contributed by atoms with Crippen molar-refractivity contribution in [1.82, 2.24) is 5.32 Å². The molecule has 0 aromatic heterocycles. The third kappa shape index (κ3) is 3.69. The highest BCUT2D eigenvalue weighted by molar-refractivity contribution is 6.32. The molecule has 4 nitrogen and oxygen atoms in total. The van der Waals surface area contributed by atoms with Gasteiger partial charge in [0.25, 0.3) is 0 Å². The Morgan fingerprint density at radius 3 is 2.86 bits per heavy atom. The maximum Gasteiger partial charge on any atom is 0.231 e. The fraction of sp³-hybridized carbons (Fsp3) is 0.562. The van der Waals surface area contributed by atoms with Gasteiger partial charge in [0, 0.05) is 12.2 Å². The Hall–Kier alpha value is -1.26. The van der Waals surface area contributed by atoms with Gasteiger partial charge < -0.3 is 15.4 Å². The van der Waals surface area contributed by atoms with Crippen LogP contribution in [0.1, 0.15) is 33.1 Å². The van der Waals surface area contributed by atoms with Crippen LogP contribution in [0.15, 0.2) is 18.2 Å². The molecular formula is C16H23ClN2O2. The molecule has 21 heavy (non-hydrogen) atoms. The number of anilines is 1. The summed E-state index contributed by atoms with van der Waals surface area (Å²) in [5, 5.41) is 6.77. The predicted molar refractivity (Wildman–Crippen MR) is 86.1 cm³/mol. The van der Waals surface area contributed by atoms with Gasteiger partial charge in [-0.3, -0.25) is 4.79 Å². The van der Waals surface area contributed by atoms with Crippen molar-refractivity contribution in [3.63, 3.8) is 0 Å². The molecule has 1 amide bonds. The third-order valence-corrected chi connectivity index (χ3v) is 4.35. The average Bonchev–Trinajstić information content (AvgIpc) is 2.96. The lowest BCUT2D eigenvalue weighted by Crippen LogP contribution is -2.37. The second-order valence-corrected chi connectivity index (χ2v) is 5.92. The smallest absolute Gasteiger partial charge is 0.231 e. The third-order valence-electron chi connectivity index (χ3n) is 4.05. The Morgan fingerprint density at radius 2 is 2.29 bits per heavy atom. The van der Waals surface area contributed by atoms with Gasteiger partial charge in [-0.15, -0.1) is 0 Å². The molecule has 0 aliphatic carbocycles. The SMILES string of the molecule is CCCOc1ccc(NC(=O)C2(CC)CCNC2)cc1Cl. The van der Waals surface area contributed by atoms with Crippen molar-refractivity contribution in [2.24, 2.45) is 5.41 Å². The van der Waals surface area contributed by atoms with Crippen LogP contribution in [0.5, 0.6) is 5.75 Å². The molecule has 1 aliphatic heterocycles. The lowest BCUT2D eigenvalue weighted by atomic mass is 9.83. The molecule has 1 unspecified atom stereocenters.